The van der Waals surface area contributed by atoms with Crippen molar-refractivity contribution in [2.24, 2.45) is 0 Å². The summed E-state index contributed by atoms with van der Waals surface area (Å²) in [5.41, 5.74) is 4.63. The standard InChI is InChI=1S/C16H16Cl2/c1-11-6-3-4-8-13(11)10-15(17)14-9-5-7-12(2)16(14)18/h3-9,15H,10H2,1-2H3. The van der Waals surface area contributed by atoms with Crippen LogP contribution in [0.3, 0.4) is 0 Å². The van der Waals surface area contributed by atoms with Crippen LogP contribution in [0, 0.1) is 13.8 Å². The van der Waals surface area contributed by atoms with Crippen LogP contribution in [0.1, 0.15) is 27.6 Å². The van der Waals surface area contributed by atoms with Crippen molar-refractivity contribution in [1.82, 2.24) is 0 Å². The number of halogens is 2. The zero-order valence-electron chi connectivity index (χ0n) is 10.6. The summed E-state index contributed by atoms with van der Waals surface area (Å²) in [6, 6.07) is 14.3. The lowest BCUT2D eigenvalue weighted by molar-refractivity contribution is 0.909. The van der Waals surface area contributed by atoms with Gasteiger partial charge in [-0.25, -0.2) is 0 Å². The van der Waals surface area contributed by atoms with E-state index in [2.05, 4.69) is 19.1 Å². The molecule has 0 saturated heterocycles. The van der Waals surface area contributed by atoms with Crippen LogP contribution in [-0.2, 0) is 6.42 Å². The summed E-state index contributed by atoms with van der Waals surface area (Å²) in [7, 11) is 0. The number of rotatable bonds is 3. The molecule has 0 saturated carbocycles. The van der Waals surface area contributed by atoms with Gasteiger partial charge in [0.2, 0.25) is 0 Å². The maximum atomic E-state index is 6.51. The van der Waals surface area contributed by atoms with Crippen molar-refractivity contribution in [3.8, 4) is 0 Å². The van der Waals surface area contributed by atoms with Gasteiger partial charge in [-0.05, 0) is 42.5 Å². The molecule has 94 valence electrons. The highest BCUT2D eigenvalue weighted by atomic mass is 35.5. The lowest BCUT2D eigenvalue weighted by Crippen LogP contribution is -1.99. The molecule has 2 rings (SSSR count). The van der Waals surface area contributed by atoms with E-state index >= 15 is 0 Å². The van der Waals surface area contributed by atoms with E-state index in [1.54, 1.807) is 0 Å². The number of benzene rings is 2. The maximum Gasteiger partial charge on any atom is 0.0640 e. The van der Waals surface area contributed by atoms with E-state index in [0.717, 1.165) is 22.6 Å². The lowest BCUT2D eigenvalue weighted by atomic mass is 9.99. The highest BCUT2D eigenvalue weighted by Crippen LogP contribution is 2.33. The first-order valence-electron chi connectivity index (χ1n) is 6.03. The van der Waals surface area contributed by atoms with Gasteiger partial charge >= 0.3 is 0 Å². The second-order valence-corrected chi connectivity index (χ2v) is 5.48. The van der Waals surface area contributed by atoms with Gasteiger partial charge in [0.25, 0.3) is 0 Å². The van der Waals surface area contributed by atoms with Crippen LogP contribution in [0.5, 0.6) is 0 Å². The van der Waals surface area contributed by atoms with Gasteiger partial charge in [0.15, 0.2) is 0 Å². The van der Waals surface area contributed by atoms with Crippen LogP contribution in [-0.4, -0.2) is 0 Å². The molecule has 0 fully saturated rings. The molecule has 2 aromatic carbocycles. The van der Waals surface area contributed by atoms with E-state index in [1.807, 2.05) is 37.3 Å². The zero-order valence-corrected chi connectivity index (χ0v) is 12.1. The second-order valence-electron chi connectivity index (χ2n) is 4.58. The molecule has 0 aromatic heterocycles. The summed E-state index contributed by atoms with van der Waals surface area (Å²) < 4.78 is 0. The topological polar surface area (TPSA) is 0 Å². The van der Waals surface area contributed by atoms with Crippen molar-refractivity contribution in [1.29, 1.82) is 0 Å². The summed E-state index contributed by atoms with van der Waals surface area (Å²) in [4.78, 5) is 0. The minimum Gasteiger partial charge on any atom is -0.117 e. The Bertz CT molecular complexity index is 547. The third kappa shape index (κ3) is 2.88. The van der Waals surface area contributed by atoms with Crippen LogP contribution in [0.15, 0.2) is 42.5 Å². The quantitative estimate of drug-likeness (QED) is 0.653. The lowest BCUT2D eigenvalue weighted by Gasteiger charge is -2.14. The number of hydrogen-bond donors (Lipinski definition) is 0. The minimum absolute atomic E-state index is 0.0847. The molecule has 0 bridgehead atoms. The smallest absolute Gasteiger partial charge is 0.0640 e. The zero-order chi connectivity index (χ0) is 13.1. The molecular formula is C16H16Cl2. The maximum absolute atomic E-state index is 6.51. The molecule has 0 amide bonds. The molecule has 0 N–H and O–H groups in total. The Morgan fingerprint density at radius 2 is 1.61 bits per heavy atom. The molecule has 0 radical (unpaired) electrons. The first kappa shape index (κ1) is 13.5. The van der Waals surface area contributed by atoms with Gasteiger partial charge in [0, 0.05) is 5.02 Å². The van der Waals surface area contributed by atoms with E-state index in [1.165, 1.54) is 11.1 Å². The molecule has 1 atom stereocenters. The van der Waals surface area contributed by atoms with Gasteiger partial charge in [0.05, 0.1) is 5.38 Å². The Kier molecular flexibility index (Phi) is 4.31. The predicted octanol–water partition coefficient (Wildman–Crippen LogP) is 5.48. The average Bonchev–Trinajstić information content (AvgIpc) is 2.35. The van der Waals surface area contributed by atoms with Gasteiger partial charge in [-0.15, -0.1) is 11.6 Å². The monoisotopic (exact) mass is 278 g/mol. The highest BCUT2D eigenvalue weighted by Gasteiger charge is 2.14. The van der Waals surface area contributed by atoms with Crippen molar-refractivity contribution >= 4 is 23.2 Å². The third-order valence-corrected chi connectivity index (χ3v) is 4.13. The minimum atomic E-state index is -0.0847. The highest BCUT2D eigenvalue weighted by molar-refractivity contribution is 6.33. The fraction of sp³-hybridized carbons (Fsp3) is 0.250. The molecule has 0 nitrogen and oxygen atoms in total. The van der Waals surface area contributed by atoms with Crippen LogP contribution in [0.2, 0.25) is 5.02 Å². The number of hydrogen-bond acceptors (Lipinski definition) is 0. The van der Waals surface area contributed by atoms with E-state index in [9.17, 15) is 0 Å². The molecule has 18 heavy (non-hydrogen) atoms. The van der Waals surface area contributed by atoms with Gasteiger partial charge in [0.1, 0.15) is 0 Å². The third-order valence-electron chi connectivity index (χ3n) is 3.22. The van der Waals surface area contributed by atoms with Crippen LogP contribution >= 0.6 is 23.2 Å². The van der Waals surface area contributed by atoms with Gasteiger partial charge in [-0.1, -0.05) is 54.1 Å². The molecule has 1 unspecified atom stereocenters. The largest absolute Gasteiger partial charge is 0.117 e. The van der Waals surface area contributed by atoms with Gasteiger partial charge < -0.3 is 0 Å². The van der Waals surface area contributed by atoms with Gasteiger partial charge in [-0.3, -0.25) is 0 Å². The molecule has 0 aliphatic rings. The van der Waals surface area contributed by atoms with E-state index in [-0.39, 0.29) is 5.38 Å². The van der Waals surface area contributed by atoms with E-state index < -0.39 is 0 Å². The Balaban J connectivity index is 2.25. The van der Waals surface area contributed by atoms with Crippen molar-refractivity contribution in [3.63, 3.8) is 0 Å². The summed E-state index contributed by atoms with van der Waals surface area (Å²) in [6.07, 6.45) is 0.803. The van der Waals surface area contributed by atoms with Crippen LogP contribution < -0.4 is 0 Å². The molecular weight excluding hydrogens is 263 g/mol. The van der Waals surface area contributed by atoms with Crippen LogP contribution in [0.4, 0.5) is 0 Å². The first-order valence-corrected chi connectivity index (χ1v) is 6.84. The molecule has 0 aliphatic heterocycles. The van der Waals surface area contributed by atoms with Crippen LogP contribution in [0.25, 0.3) is 0 Å². The SMILES string of the molecule is Cc1ccccc1CC(Cl)c1cccc(C)c1Cl. The number of aryl methyl sites for hydroxylation is 2. The summed E-state index contributed by atoms with van der Waals surface area (Å²) in [5, 5.41) is 0.699. The van der Waals surface area contributed by atoms with E-state index in [0.29, 0.717) is 0 Å². The van der Waals surface area contributed by atoms with Crippen molar-refractivity contribution in [2.45, 2.75) is 25.6 Å². The van der Waals surface area contributed by atoms with Crippen molar-refractivity contribution < 1.29 is 0 Å². The fourth-order valence-corrected chi connectivity index (χ4v) is 2.72. The Morgan fingerprint density at radius 1 is 0.944 bits per heavy atom. The summed E-state index contributed by atoms with van der Waals surface area (Å²) in [5.74, 6) is 0. The molecule has 0 spiro atoms. The summed E-state index contributed by atoms with van der Waals surface area (Å²) >= 11 is 12.8. The Hall–Kier alpha value is -0.980. The number of alkyl halides is 1. The van der Waals surface area contributed by atoms with Gasteiger partial charge in [-0.2, -0.15) is 0 Å². The van der Waals surface area contributed by atoms with Crippen molar-refractivity contribution in [2.75, 3.05) is 0 Å². The molecule has 0 aliphatic carbocycles. The molecule has 2 heteroatoms. The Labute approximate surface area is 119 Å². The predicted molar refractivity (Wildman–Crippen MR) is 79.7 cm³/mol. The fourth-order valence-electron chi connectivity index (χ4n) is 2.05. The Morgan fingerprint density at radius 3 is 2.33 bits per heavy atom. The molecule has 2 aromatic rings. The molecule has 0 heterocycles. The first-order chi connectivity index (χ1) is 8.59. The average molecular weight is 279 g/mol. The normalized spacial score (nSPS) is 12.4. The van der Waals surface area contributed by atoms with E-state index in [4.69, 9.17) is 23.2 Å². The summed E-state index contributed by atoms with van der Waals surface area (Å²) in [6.45, 7) is 4.11. The van der Waals surface area contributed by atoms with Crippen molar-refractivity contribution in [3.05, 3.63) is 69.7 Å². The second kappa shape index (κ2) is 5.77.